The quantitative estimate of drug-likeness (QED) is 0.418. The lowest BCUT2D eigenvalue weighted by molar-refractivity contribution is -0.129. The van der Waals surface area contributed by atoms with Crippen LogP contribution in [0.5, 0.6) is 0 Å². The van der Waals surface area contributed by atoms with Gasteiger partial charge in [-0.3, -0.25) is 14.5 Å². The van der Waals surface area contributed by atoms with Gasteiger partial charge in [0.15, 0.2) is 11.3 Å². The largest absolute Gasteiger partial charge is 0.376 e. The third kappa shape index (κ3) is 3.96. The predicted octanol–water partition coefficient (Wildman–Crippen LogP) is 3.96. The van der Waals surface area contributed by atoms with Gasteiger partial charge in [-0.1, -0.05) is 60.7 Å². The highest BCUT2D eigenvalue weighted by molar-refractivity contribution is 6.13. The number of aryl methyl sites for hydroxylation is 1. The number of rotatable bonds is 7. The number of hydrogen-bond donors (Lipinski definition) is 1. The third-order valence-corrected chi connectivity index (χ3v) is 7.11. The second-order valence-corrected chi connectivity index (χ2v) is 9.26. The molecule has 2 saturated heterocycles. The van der Waals surface area contributed by atoms with E-state index in [1.54, 1.807) is 0 Å². The van der Waals surface area contributed by atoms with Crippen molar-refractivity contribution >= 4 is 17.7 Å². The summed E-state index contributed by atoms with van der Waals surface area (Å²) in [4.78, 5) is 41.4. The number of ether oxygens (including phenoxy) is 1. The minimum absolute atomic E-state index is 0.144. The molecule has 2 aliphatic rings. The van der Waals surface area contributed by atoms with Gasteiger partial charge in [-0.25, -0.2) is 4.79 Å². The maximum Gasteiger partial charge on any atom is 0.325 e. The van der Waals surface area contributed by atoms with Crippen LogP contribution in [0.3, 0.4) is 0 Å². The number of amides is 3. The highest BCUT2D eigenvalue weighted by Gasteiger charge is 2.54. The Bertz CT molecular complexity index is 1220. The molecule has 3 aromatic rings. The predicted molar refractivity (Wildman–Crippen MR) is 131 cm³/mol. The smallest absolute Gasteiger partial charge is 0.325 e. The zero-order valence-electron chi connectivity index (χ0n) is 20.0. The van der Waals surface area contributed by atoms with Crippen LogP contribution >= 0.6 is 0 Å². The van der Waals surface area contributed by atoms with Crippen molar-refractivity contribution in [1.29, 1.82) is 0 Å². The first-order chi connectivity index (χ1) is 16.9. The van der Waals surface area contributed by atoms with Gasteiger partial charge in [-0.2, -0.15) is 0 Å². The van der Waals surface area contributed by atoms with E-state index in [4.69, 9.17) is 4.74 Å². The van der Waals surface area contributed by atoms with E-state index in [9.17, 15) is 14.4 Å². The average molecular weight is 472 g/mol. The summed E-state index contributed by atoms with van der Waals surface area (Å²) in [5.41, 5.74) is 2.23. The standard InChI is InChI=1S/C28H29N3O4/c1-19-16-24(20(2)30(19)17-23-14-9-15-35-23)25(32)18-31-26(33)28(29-27(31)34,21-10-5-3-6-11-21)22-12-7-4-8-13-22/h3-8,10-13,16,23H,9,14-15,17-18H2,1-2H3,(H,29,34)/t23-/m0/s1. The number of nitrogens with zero attached hydrogens (tertiary/aromatic N) is 2. The molecule has 3 heterocycles. The van der Waals surface area contributed by atoms with E-state index in [-0.39, 0.29) is 18.4 Å². The lowest BCUT2D eigenvalue weighted by Gasteiger charge is -2.28. The van der Waals surface area contributed by atoms with E-state index in [2.05, 4.69) is 9.88 Å². The number of aromatic nitrogens is 1. The number of benzene rings is 2. The normalized spacial score (nSPS) is 19.3. The number of ketones is 1. The van der Waals surface area contributed by atoms with Gasteiger partial charge < -0.3 is 14.6 Å². The Balaban J connectivity index is 1.44. The first-order valence-electron chi connectivity index (χ1n) is 12.0. The molecule has 2 fully saturated rings. The summed E-state index contributed by atoms with van der Waals surface area (Å²) in [6, 6.07) is 19.6. The number of nitrogens with one attached hydrogen (secondary N) is 1. The van der Waals surface area contributed by atoms with Crippen LogP contribution in [0.25, 0.3) is 0 Å². The van der Waals surface area contributed by atoms with Gasteiger partial charge in [0.25, 0.3) is 5.91 Å². The number of carbonyl (C=O) groups is 3. The van der Waals surface area contributed by atoms with E-state index in [0.29, 0.717) is 23.2 Å². The van der Waals surface area contributed by atoms with Gasteiger partial charge >= 0.3 is 6.03 Å². The molecule has 2 aromatic carbocycles. The van der Waals surface area contributed by atoms with Gasteiger partial charge in [-0.05, 0) is 43.9 Å². The van der Waals surface area contributed by atoms with Crippen molar-refractivity contribution in [1.82, 2.24) is 14.8 Å². The van der Waals surface area contributed by atoms with Crippen molar-refractivity contribution in [2.45, 2.75) is 44.9 Å². The van der Waals surface area contributed by atoms with Crippen LogP contribution in [0, 0.1) is 13.8 Å². The van der Waals surface area contributed by atoms with Crippen LogP contribution in [0.2, 0.25) is 0 Å². The number of imide groups is 1. The number of hydrogen-bond acceptors (Lipinski definition) is 4. The molecule has 0 bridgehead atoms. The molecule has 1 atom stereocenters. The van der Waals surface area contributed by atoms with Crippen molar-refractivity contribution in [3.05, 3.63) is 94.8 Å². The molecule has 0 aliphatic carbocycles. The summed E-state index contributed by atoms with van der Waals surface area (Å²) in [6.07, 6.45) is 2.20. The topological polar surface area (TPSA) is 80.6 Å². The fraction of sp³-hybridized carbons (Fsp3) is 0.321. The van der Waals surface area contributed by atoms with Crippen molar-refractivity contribution in [3.8, 4) is 0 Å². The van der Waals surface area contributed by atoms with Gasteiger partial charge in [0.05, 0.1) is 12.6 Å². The SMILES string of the molecule is Cc1cc(C(=O)CN2C(=O)NC(c3ccccc3)(c3ccccc3)C2=O)c(C)n1C[C@@H]1CCCO1. The highest BCUT2D eigenvalue weighted by atomic mass is 16.5. The number of Topliss-reactive ketones (excluding diaryl/α,β-unsaturated/α-hetero) is 1. The minimum atomic E-state index is -1.38. The molecular formula is C28H29N3O4. The maximum absolute atomic E-state index is 13.9. The fourth-order valence-electron chi connectivity index (χ4n) is 5.24. The molecule has 0 unspecified atom stereocenters. The molecule has 0 spiro atoms. The maximum atomic E-state index is 13.9. The first-order valence-corrected chi connectivity index (χ1v) is 12.0. The first kappa shape index (κ1) is 23.1. The monoisotopic (exact) mass is 471 g/mol. The van der Waals surface area contributed by atoms with Crippen LogP contribution in [-0.2, 0) is 21.6 Å². The molecule has 2 aliphatic heterocycles. The molecule has 180 valence electrons. The number of urea groups is 1. The molecule has 1 aromatic heterocycles. The highest BCUT2D eigenvalue weighted by Crippen LogP contribution is 2.36. The molecule has 7 heteroatoms. The fourth-order valence-corrected chi connectivity index (χ4v) is 5.24. The van der Waals surface area contributed by atoms with Gasteiger partial charge in [-0.15, -0.1) is 0 Å². The van der Waals surface area contributed by atoms with E-state index in [1.807, 2.05) is 80.6 Å². The summed E-state index contributed by atoms with van der Waals surface area (Å²) in [7, 11) is 0. The lowest BCUT2D eigenvalue weighted by atomic mass is 9.82. The zero-order chi connectivity index (χ0) is 24.6. The van der Waals surface area contributed by atoms with E-state index < -0.39 is 17.5 Å². The molecular weight excluding hydrogens is 442 g/mol. The Morgan fingerprint density at radius 2 is 1.66 bits per heavy atom. The van der Waals surface area contributed by atoms with Crippen LogP contribution in [-0.4, -0.2) is 46.4 Å². The molecule has 1 N–H and O–H groups in total. The summed E-state index contributed by atoms with van der Waals surface area (Å²) in [6.45, 7) is 5.00. The second-order valence-electron chi connectivity index (χ2n) is 9.26. The summed E-state index contributed by atoms with van der Waals surface area (Å²) < 4.78 is 7.86. The van der Waals surface area contributed by atoms with Crippen molar-refractivity contribution in [2.75, 3.05) is 13.2 Å². The van der Waals surface area contributed by atoms with E-state index in [0.717, 1.165) is 35.7 Å². The lowest BCUT2D eigenvalue weighted by Crippen LogP contribution is -2.45. The van der Waals surface area contributed by atoms with Crippen LogP contribution in [0.15, 0.2) is 66.7 Å². The summed E-state index contributed by atoms with van der Waals surface area (Å²) in [5, 5.41) is 2.90. The van der Waals surface area contributed by atoms with Crippen LogP contribution < -0.4 is 5.32 Å². The Kier molecular flexibility index (Phi) is 6.03. The number of carbonyl (C=O) groups excluding carboxylic acids is 3. The second kappa shape index (κ2) is 9.15. The van der Waals surface area contributed by atoms with Crippen molar-refractivity contribution in [3.63, 3.8) is 0 Å². The Morgan fingerprint density at radius 1 is 1.03 bits per heavy atom. The van der Waals surface area contributed by atoms with Crippen LogP contribution in [0.1, 0.15) is 45.7 Å². The van der Waals surface area contributed by atoms with Crippen molar-refractivity contribution < 1.29 is 19.1 Å². The zero-order valence-corrected chi connectivity index (χ0v) is 20.0. The van der Waals surface area contributed by atoms with Crippen molar-refractivity contribution in [2.24, 2.45) is 0 Å². The molecule has 3 amide bonds. The van der Waals surface area contributed by atoms with Gasteiger partial charge in [0.1, 0.15) is 0 Å². The molecule has 35 heavy (non-hydrogen) atoms. The summed E-state index contributed by atoms with van der Waals surface area (Å²) >= 11 is 0. The van der Waals surface area contributed by atoms with Gasteiger partial charge in [0.2, 0.25) is 0 Å². The van der Waals surface area contributed by atoms with Gasteiger partial charge in [0, 0.05) is 30.1 Å². The third-order valence-electron chi connectivity index (χ3n) is 7.11. The summed E-state index contributed by atoms with van der Waals surface area (Å²) in [5.74, 6) is -0.724. The Hall–Kier alpha value is -3.71. The minimum Gasteiger partial charge on any atom is -0.376 e. The molecule has 0 saturated carbocycles. The van der Waals surface area contributed by atoms with Crippen LogP contribution in [0.4, 0.5) is 4.79 Å². The molecule has 5 rings (SSSR count). The van der Waals surface area contributed by atoms with E-state index in [1.165, 1.54) is 0 Å². The Labute approximate surface area is 204 Å². The Morgan fingerprint density at radius 3 is 2.23 bits per heavy atom. The molecule has 0 radical (unpaired) electrons. The average Bonchev–Trinajstić information content (AvgIpc) is 3.56. The van der Waals surface area contributed by atoms with E-state index >= 15 is 0 Å². The molecule has 7 nitrogen and oxygen atoms in total.